The molecule has 8 aromatic carbocycles. The Balaban J connectivity index is 0.000000650. The van der Waals surface area contributed by atoms with Crippen molar-refractivity contribution in [2.24, 2.45) is 0 Å². The van der Waals surface area contributed by atoms with Gasteiger partial charge in [0.2, 0.25) is 0 Å². The number of rotatable bonds is 12. The Morgan fingerprint density at radius 1 is 0.247 bits per heavy atom. The van der Waals surface area contributed by atoms with Crippen LogP contribution in [0, 0.1) is 20.5 Å². The largest absolute Gasteiger partial charge is 0.222 e. The maximum absolute atomic E-state index is 8.49. The van der Waals surface area contributed by atoms with Crippen LogP contribution in [0.4, 0.5) is 0 Å². The van der Waals surface area contributed by atoms with Gasteiger partial charge in [0.05, 0.1) is 6.42 Å². The van der Waals surface area contributed by atoms with Gasteiger partial charge in [-0.2, -0.15) is 0 Å². The molecule has 0 aliphatic heterocycles. The molecule has 0 spiro atoms. The van der Waals surface area contributed by atoms with Crippen molar-refractivity contribution in [2.45, 2.75) is 19.5 Å². The Morgan fingerprint density at radius 3 is 0.671 bits per heavy atom. The molecule has 364 valence electrons. The summed E-state index contributed by atoms with van der Waals surface area (Å²) in [6.07, 6.45) is 9.97. The van der Waals surface area contributed by atoms with Crippen LogP contribution in [0.3, 0.4) is 0 Å². The molecule has 0 unspecified atom stereocenters. The minimum Gasteiger partial charge on any atom is -0.222 e. The maximum atomic E-state index is 8.49. The van der Waals surface area contributed by atoms with E-state index in [9.17, 15) is 0 Å². The van der Waals surface area contributed by atoms with Gasteiger partial charge in [-0.3, -0.25) is 0 Å². The number of aromatic nitrogens is 2. The van der Waals surface area contributed by atoms with Crippen molar-refractivity contribution < 1.29 is 66.9 Å². The third-order valence-electron chi connectivity index (χ3n) is 12.0. The van der Waals surface area contributed by atoms with Crippen LogP contribution in [0.15, 0.2) is 255 Å². The molecule has 10 nitrogen and oxygen atoms in total. The van der Waals surface area contributed by atoms with Crippen molar-refractivity contribution in [3.8, 4) is 89.0 Å². The Kier molecular flexibility index (Phi) is 17.1. The van der Waals surface area contributed by atoms with Crippen LogP contribution in [-0.2, 0) is 13.1 Å². The summed E-state index contributed by atoms with van der Waals surface area (Å²) in [7, 11) is -9.89. The smallest absolute Gasteiger partial charge is 0.169 e. The van der Waals surface area contributed by atoms with Crippen LogP contribution >= 0.6 is 0 Å². The second-order valence-electron chi connectivity index (χ2n) is 16.8. The summed E-state index contributed by atoms with van der Waals surface area (Å²) >= 11 is 0. The summed E-state index contributed by atoms with van der Waals surface area (Å²) in [5, 5.41) is 0. The molecule has 0 saturated heterocycles. The van der Waals surface area contributed by atoms with Crippen molar-refractivity contribution >= 4 is 0 Å². The fourth-order valence-electron chi connectivity index (χ4n) is 8.86. The van der Waals surface area contributed by atoms with E-state index in [4.69, 9.17) is 37.3 Å². The second kappa shape index (κ2) is 24.2. The van der Waals surface area contributed by atoms with E-state index < -0.39 is 20.5 Å². The number of nitrogens with zero attached hydrogens (tertiary/aromatic N) is 2. The van der Waals surface area contributed by atoms with Crippen molar-refractivity contribution in [3.63, 3.8) is 0 Å². The Morgan fingerprint density at radius 2 is 0.452 bits per heavy atom. The monoisotopic (exact) mass is 1010 g/mol. The molecule has 12 heteroatoms. The van der Waals surface area contributed by atoms with Gasteiger partial charge < -0.3 is 0 Å². The molecule has 0 amide bonds. The van der Waals surface area contributed by atoms with Gasteiger partial charge in [-0.05, 0) is 113 Å². The number of pyridine rings is 2. The highest BCUT2D eigenvalue weighted by Crippen LogP contribution is 2.45. The molecule has 0 N–H and O–H groups in total. The highest BCUT2D eigenvalue weighted by Gasteiger charge is 2.20. The number of benzene rings is 8. The molecule has 73 heavy (non-hydrogen) atoms. The van der Waals surface area contributed by atoms with Crippen LogP contribution in [0.5, 0.6) is 0 Å². The van der Waals surface area contributed by atoms with E-state index in [2.05, 4.69) is 264 Å². The van der Waals surface area contributed by atoms with Gasteiger partial charge in [0, 0.05) is 24.3 Å². The van der Waals surface area contributed by atoms with Gasteiger partial charge >= 0.3 is 0 Å². The molecule has 2 aromatic heterocycles. The molecule has 10 rings (SSSR count). The van der Waals surface area contributed by atoms with Gasteiger partial charge in [0.1, 0.15) is 0 Å². The number of hydrogen-bond donors (Lipinski definition) is 0. The lowest BCUT2D eigenvalue weighted by Crippen LogP contribution is -2.68. The average Bonchev–Trinajstić information content (AvgIpc) is 3.41. The van der Waals surface area contributed by atoms with E-state index in [0.29, 0.717) is 0 Å². The Labute approximate surface area is 428 Å². The van der Waals surface area contributed by atoms with E-state index in [-0.39, 0.29) is 0 Å². The number of aryl methyl sites for hydroxylation is 2. The molecule has 2 heterocycles. The zero-order valence-corrected chi connectivity index (χ0v) is 40.8. The summed E-state index contributed by atoms with van der Waals surface area (Å²) in [5.41, 5.74) is 19.5. The molecule has 0 saturated carbocycles. The normalized spacial score (nSPS) is 11.2. The van der Waals surface area contributed by atoms with Crippen molar-refractivity contribution in [2.75, 3.05) is 0 Å². The van der Waals surface area contributed by atoms with E-state index >= 15 is 0 Å². The van der Waals surface area contributed by atoms with Crippen molar-refractivity contribution in [1.29, 1.82) is 0 Å². The first-order valence-corrected chi connectivity index (χ1v) is 25.6. The molecular formula is C61H48Cl2N2O8. The van der Waals surface area contributed by atoms with Gasteiger partial charge in [0.25, 0.3) is 0 Å². The van der Waals surface area contributed by atoms with Gasteiger partial charge in [0.15, 0.2) is 37.9 Å². The van der Waals surface area contributed by atoms with E-state index in [1.54, 1.807) is 0 Å². The van der Waals surface area contributed by atoms with E-state index in [1.165, 1.54) is 89.0 Å². The standard InChI is InChI=1S/C61H48N2.2ClHO4/c1-7-20-46(21-8-1)54-42-56(48-24-11-3-12-25-48)60(57(43-54)49-26-13-4-14-27-49)52-32-38-62(39-33-52)36-19-37-63-40-34-53(35-41-63)61-58(50-28-15-5-16-29-50)44-55(47-22-9-2-10-23-47)45-59(61)51-30-17-6-18-31-51;2*2-1(3,4)5/h1-18,20-35,38-45H,19,36-37H2;2*(H,2,3,4,5)/q+2;;/p-2. The lowest BCUT2D eigenvalue weighted by Gasteiger charge is -2.19. The molecule has 0 aliphatic carbocycles. The van der Waals surface area contributed by atoms with Crippen LogP contribution < -0.4 is 46.4 Å². The molecule has 0 aliphatic rings. The summed E-state index contributed by atoms with van der Waals surface area (Å²) < 4.78 is 72.6. The van der Waals surface area contributed by atoms with Crippen LogP contribution in [0.25, 0.3) is 89.0 Å². The topological polar surface area (TPSA) is 192 Å². The predicted molar refractivity (Wildman–Crippen MR) is 261 cm³/mol. The highest BCUT2D eigenvalue weighted by atomic mass is 35.7. The van der Waals surface area contributed by atoms with Gasteiger partial charge in [-0.15, -0.1) is 20.5 Å². The maximum Gasteiger partial charge on any atom is 0.169 e. The van der Waals surface area contributed by atoms with Gasteiger partial charge in [-0.25, -0.2) is 46.4 Å². The number of hydrogen-bond acceptors (Lipinski definition) is 8. The highest BCUT2D eigenvalue weighted by molar-refractivity contribution is 5.99. The number of halogens is 2. The molecule has 0 bridgehead atoms. The average molecular weight is 1010 g/mol. The summed E-state index contributed by atoms with van der Waals surface area (Å²) in [5.74, 6) is 0. The third-order valence-corrected chi connectivity index (χ3v) is 12.0. The minimum atomic E-state index is -4.94. The summed E-state index contributed by atoms with van der Waals surface area (Å²) in [6.45, 7) is 1.83. The van der Waals surface area contributed by atoms with Crippen LogP contribution in [-0.4, -0.2) is 0 Å². The second-order valence-corrected chi connectivity index (χ2v) is 18.4. The van der Waals surface area contributed by atoms with E-state index in [0.717, 1.165) is 19.5 Å². The van der Waals surface area contributed by atoms with Gasteiger partial charge in [-0.1, -0.05) is 182 Å². The first kappa shape index (κ1) is 51.7. The molecule has 0 atom stereocenters. The molecule has 0 fully saturated rings. The fourth-order valence-corrected chi connectivity index (χ4v) is 8.86. The minimum absolute atomic E-state index is 0.913. The quantitative estimate of drug-likeness (QED) is 0.150. The molecule has 10 aromatic rings. The SMILES string of the molecule is [O-][Cl+3]([O-])([O-])[O-].[O-][Cl+3]([O-])([O-])[O-].c1ccc(-c2cc(-c3ccccc3)c(-c3cc[n+](CCC[n+]4ccc(-c5c(-c6ccccc6)cc(-c6ccccc6)cc5-c5ccccc5)cc4)cc3)c(-c3ccccc3)c2)cc1. The van der Waals surface area contributed by atoms with Crippen molar-refractivity contribution in [1.82, 2.24) is 0 Å². The zero-order valence-electron chi connectivity index (χ0n) is 39.3. The third kappa shape index (κ3) is 14.7. The predicted octanol–water partition coefficient (Wildman–Crippen LogP) is 5.18. The lowest BCUT2D eigenvalue weighted by molar-refractivity contribution is -2.00. The van der Waals surface area contributed by atoms with Crippen molar-refractivity contribution in [3.05, 3.63) is 255 Å². The first-order valence-electron chi connectivity index (χ1n) is 23.2. The fraction of sp³-hybridized carbons (Fsp3) is 0.0492. The first-order chi connectivity index (χ1) is 35.2. The zero-order chi connectivity index (χ0) is 51.2. The molecule has 0 radical (unpaired) electrons. The van der Waals surface area contributed by atoms with Crippen LogP contribution in [0.1, 0.15) is 6.42 Å². The Hall–Kier alpha value is -7.68. The molecular weight excluding hydrogens is 960 g/mol. The Bertz CT molecular complexity index is 2950. The van der Waals surface area contributed by atoms with E-state index in [1.807, 2.05) is 0 Å². The summed E-state index contributed by atoms with van der Waals surface area (Å²) in [6, 6.07) is 83.3. The summed E-state index contributed by atoms with van der Waals surface area (Å²) in [4.78, 5) is 0. The van der Waals surface area contributed by atoms with Crippen LogP contribution in [0.2, 0.25) is 0 Å². The lowest BCUT2D eigenvalue weighted by atomic mass is 9.85.